The molecule has 0 aliphatic carbocycles. The Morgan fingerprint density at radius 2 is 2.11 bits per heavy atom. The van der Waals surface area contributed by atoms with Crippen molar-refractivity contribution >= 4 is 15.9 Å². The van der Waals surface area contributed by atoms with Crippen LogP contribution in [0.2, 0.25) is 0 Å². The third kappa shape index (κ3) is 2.82. The van der Waals surface area contributed by atoms with Gasteiger partial charge in [0.05, 0.1) is 26.0 Å². The summed E-state index contributed by atoms with van der Waals surface area (Å²) in [6, 6.07) is 5.90. The zero-order valence-electron chi connectivity index (χ0n) is 11.3. The predicted octanol–water partition coefficient (Wildman–Crippen LogP) is 2.81. The van der Waals surface area contributed by atoms with Crippen molar-refractivity contribution in [3.8, 4) is 5.75 Å². The molecule has 0 bridgehead atoms. The summed E-state index contributed by atoms with van der Waals surface area (Å²) in [5, 5.41) is 13.8. The van der Waals surface area contributed by atoms with Gasteiger partial charge in [-0.05, 0) is 32.0 Å². The van der Waals surface area contributed by atoms with Crippen molar-refractivity contribution in [1.29, 1.82) is 0 Å². The van der Waals surface area contributed by atoms with Crippen molar-refractivity contribution in [2.45, 2.75) is 27.0 Å². The Morgan fingerprint density at radius 3 is 2.68 bits per heavy atom. The van der Waals surface area contributed by atoms with Crippen LogP contribution in [0.4, 0.5) is 0 Å². The summed E-state index contributed by atoms with van der Waals surface area (Å²) in [5.41, 5.74) is 3.80. The van der Waals surface area contributed by atoms with Gasteiger partial charge in [-0.3, -0.25) is 4.68 Å². The summed E-state index contributed by atoms with van der Waals surface area (Å²) >= 11 is 3.47. The molecule has 19 heavy (non-hydrogen) atoms. The smallest absolute Gasteiger partial charge is 0.124 e. The highest BCUT2D eigenvalue weighted by atomic mass is 79.9. The molecular weight excluding hydrogens is 308 g/mol. The zero-order valence-corrected chi connectivity index (χ0v) is 12.9. The second-order valence-electron chi connectivity index (χ2n) is 4.42. The molecule has 2 aromatic rings. The lowest BCUT2D eigenvalue weighted by Gasteiger charge is -2.10. The van der Waals surface area contributed by atoms with Crippen LogP contribution in [-0.4, -0.2) is 22.0 Å². The van der Waals surface area contributed by atoms with Crippen LogP contribution in [0.1, 0.15) is 22.5 Å². The van der Waals surface area contributed by atoms with Gasteiger partial charge in [0.15, 0.2) is 0 Å². The number of aliphatic hydroxyl groups excluding tert-OH is 1. The molecule has 0 amide bonds. The number of halogens is 1. The molecule has 0 radical (unpaired) electrons. The van der Waals surface area contributed by atoms with E-state index in [1.807, 2.05) is 36.7 Å². The third-order valence-electron chi connectivity index (χ3n) is 3.25. The first-order chi connectivity index (χ1) is 9.06. The number of benzene rings is 1. The molecule has 0 atom stereocenters. The molecule has 0 aliphatic rings. The molecule has 0 aliphatic heterocycles. The number of methoxy groups -OCH3 is 1. The Balaban J connectivity index is 2.38. The average molecular weight is 325 g/mol. The first kappa shape index (κ1) is 14.1. The Bertz CT molecular complexity index is 593. The maximum atomic E-state index is 9.34. The number of ether oxygens (including phenoxy) is 1. The number of aromatic nitrogens is 2. The van der Waals surface area contributed by atoms with Gasteiger partial charge in [0.2, 0.25) is 0 Å². The fourth-order valence-electron chi connectivity index (χ4n) is 2.15. The summed E-state index contributed by atoms with van der Waals surface area (Å²) in [5.74, 6) is 0.835. The van der Waals surface area contributed by atoms with Crippen LogP contribution < -0.4 is 4.74 Å². The lowest BCUT2D eigenvalue weighted by Crippen LogP contribution is -2.06. The predicted molar refractivity (Wildman–Crippen MR) is 77.4 cm³/mol. The van der Waals surface area contributed by atoms with E-state index in [1.165, 1.54) is 0 Å². The van der Waals surface area contributed by atoms with Gasteiger partial charge >= 0.3 is 0 Å². The molecular formula is C14H17BrN2O2. The van der Waals surface area contributed by atoms with Crippen LogP contribution in [0.5, 0.6) is 5.75 Å². The van der Waals surface area contributed by atoms with Gasteiger partial charge in [-0.1, -0.05) is 15.9 Å². The van der Waals surface area contributed by atoms with Crippen LogP contribution >= 0.6 is 15.9 Å². The fourth-order valence-corrected chi connectivity index (χ4v) is 2.56. The SMILES string of the molecule is COc1ccc(Br)cc1Cn1nc(C)c(CO)c1C. The minimum atomic E-state index is 0.0211. The van der Waals surface area contributed by atoms with E-state index in [0.717, 1.165) is 32.7 Å². The second kappa shape index (κ2) is 5.75. The minimum Gasteiger partial charge on any atom is -0.496 e. The number of hydrogen-bond donors (Lipinski definition) is 1. The van der Waals surface area contributed by atoms with E-state index in [2.05, 4.69) is 21.0 Å². The molecule has 0 spiro atoms. The fraction of sp³-hybridized carbons (Fsp3) is 0.357. The van der Waals surface area contributed by atoms with Gasteiger partial charge in [-0.25, -0.2) is 0 Å². The van der Waals surface area contributed by atoms with Crippen LogP contribution in [0.15, 0.2) is 22.7 Å². The molecule has 1 aromatic carbocycles. The summed E-state index contributed by atoms with van der Waals surface area (Å²) in [6.07, 6.45) is 0. The highest BCUT2D eigenvalue weighted by molar-refractivity contribution is 9.10. The quantitative estimate of drug-likeness (QED) is 0.940. The van der Waals surface area contributed by atoms with Crippen molar-refractivity contribution in [3.05, 3.63) is 45.2 Å². The molecule has 1 aromatic heterocycles. The minimum absolute atomic E-state index is 0.0211. The number of aryl methyl sites for hydroxylation is 1. The largest absolute Gasteiger partial charge is 0.496 e. The van der Waals surface area contributed by atoms with E-state index in [1.54, 1.807) is 7.11 Å². The van der Waals surface area contributed by atoms with E-state index >= 15 is 0 Å². The number of aliphatic hydroxyl groups is 1. The summed E-state index contributed by atoms with van der Waals surface area (Å²) in [6.45, 7) is 4.52. The van der Waals surface area contributed by atoms with Crippen molar-refractivity contribution in [3.63, 3.8) is 0 Å². The standard InChI is InChI=1S/C14H17BrN2O2/c1-9-13(8-18)10(2)17(16-9)7-11-6-12(15)4-5-14(11)19-3/h4-6,18H,7-8H2,1-3H3. The van der Waals surface area contributed by atoms with Crippen LogP contribution in [0, 0.1) is 13.8 Å². The average Bonchev–Trinajstić information content (AvgIpc) is 2.64. The lowest BCUT2D eigenvalue weighted by atomic mass is 10.2. The van der Waals surface area contributed by atoms with E-state index in [0.29, 0.717) is 6.54 Å². The van der Waals surface area contributed by atoms with Gasteiger partial charge in [0.25, 0.3) is 0 Å². The molecule has 0 unspecified atom stereocenters. The van der Waals surface area contributed by atoms with Crippen molar-refractivity contribution < 1.29 is 9.84 Å². The zero-order chi connectivity index (χ0) is 14.0. The highest BCUT2D eigenvalue weighted by Crippen LogP contribution is 2.25. The first-order valence-corrected chi connectivity index (χ1v) is 6.82. The van der Waals surface area contributed by atoms with Gasteiger partial charge in [0.1, 0.15) is 5.75 Å². The molecule has 0 fully saturated rings. The van der Waals surface area contributed by atoms with E-state index in [-0.39, 0.29) is 6.61 Å². The molecule has 1 heterocycles. The summed E-state index contributed by atoms with van der Waals surface area (Å²) < 4.78 is 8.27. The van der Waals surface area contributed by atoms with Crippen molar-refractivity contribution in [2.75, 3.05) is 7.11 Å². The Hall–Kier alpha value is -1.33. The first-order valence-electron chi connectivity index (χ1n) is 6.03. The molecule has 0 saturated heterocycles. The number of hydrogen-bond acceptors (Lipinski definition) is 3. The second-order valence-corrected chi connectivity index (χ2v) is 5.34. The Morgan fingerprint density at radius 1 is 1.37 bits per heavy atom. The summed E-state index contributed by atoms with van der Waals surface area (Å²) in [7, 11) is 1.66. The molecule has 1 N–H and O–H groups in total. The summed E-state index contributed by atoms with van der Waals surface area (Å²) in [4.78, 5) is 0. The monoisotopic (exact) mass is 324 g/mol. The van der Waals surface area contributed by atoms with Gasteiger partial charge < -0.3 is 9.84 Å². The highest BCUT2D eigenvalue weighted by Gasteiger charge is 2.12. The van der Waals surface area contributed by atoms with Crippen LogP contribution in [-0.2, 0) is 13.2 Å². The van der Waals surface area contributed by atoms with Crippen molar-refractivity contribution in [2.24, 2.45) is 0 Å². The van der Waals surface area contributed by atoms with E-state index < -0.39 is 0 Å². The molecule has 4 nitrogen and oxygen atoms in total. The lowest BCUT2D eigenvalue weighted by molar-refractivity contribution is 0.280. The number of rotatable bonds is 4. The van der Waals surface area contributed by atoms with Crippen LogP contribution in [0.3, 0.4) is 0 Å². The van der Waals surface area contributed by atoms with Gasteiger partial charge in [0, 0.05) is 21.3 Å². The normalized spacial score (nSPS) is 10.8. The molecule has 102 valence electrons. The maximum absolute atomic E-state index is 9.34. The van der Waals surface area contributed by atoms with E-state index in [4.69, 9.17) is 4.74 Å². The molecule has 0 saturated carbocycles. The molecule has 2 rings (SSSR count). The van der Waals surface area contributed by atoms with Crippen molar-refractivity contribution in [1.82, 2.24) is 9.78 Å². The Kier molecular flexibility index (Phi) is 4.27. The topological polar surface area (TPSA) is 47.3 Å². The molecule has 5 heteroatoms. The number of nitrogens with zero attached hydrogens (tertiary/aromatic N) is 2. The maximum Gasteiger partial charge on any atom is 0.124 e. The third-order valence-corrected chi connectivity index (χ3v) is 3.75. The van der Waals surface area contributed by atoms with E-state index in [9.17, 15) is 5.11 Å². The van der Waals surface area contributed by atoms with Crippen LogP contribution in [0.25, 0.3) is 0 Å². The van der Waals surface area contributed by atoms with Gasteiger partial charge in [-0.2, -0.15) is 5.10 Å². The van der Waals surface area contributed by atoms with Gasteiger partial charge in [-0.15, -0.1) is 0 Å². The Labute approximate surface area is 121 Å².